The number of ether oxygens (including phenoxy) is 2. The summed E-state index contributed by atoms with van der Waals surface area (Å²) in [6.07, 6.45) is 38.2. The molecule has 4 N–H and O–H groups in total. The topological polar surface area (TPSA) is 169 Å². The van der Waals surface area contributed by atoms with Crippen LogP contribution in [0.2, 0.25) is 0 Å². The van der Waals surface area contributed by atoms with Gasteiger partial charge in [-0.25, -0.2) is 4.57 Å². The molecule has 0 aliphatic rings. The van der Waals surface area contributed by atoms with E-state index in [4.69, 9.17) is 19.1 Å². The Morgan fingerprint density at radius 3 is 1.83 bits per heavy atom. The summed E-state index contributed by atoms with van der Waals surface area (Å²) in [5.74, 6) is -0.212. The molecule has 0 aromatic carbocycles. The largest absolute Gasteiger partial charge is 0.472 e. The number of phosphoric acid groups is 1. The fourth-order valence-corrected chi connectivity index (χ4v) is 6.75. The Morgan fingerprint density at radius 1 is 0.638 bits per heavy atom. The third-order valence-electron chi connectivity index (χ3n) is 9.49. The number of hydrogen-bond donors (Lipinski definition) is 4. The summed E-state index contributed by atoms with van der Waals surface area (Å²) in [5.41, 5.74) is 0. The van der Waals surface area contributed by atoms with E-state index in [1.54, 1.807) is 6.08 Å². The third-order valence-corrected chi connectivity index (χ3v) is 10.4. The van der Waals surface area contributed by atoms with Crippen LogP contribution in [0.5, 0.6) is 0 Å². The minimum absolute atomic E-state index is 0.0743. The van der Waals surface area contributed by atoms with Crippen LogP contribution in [0, 0.1) is 5.92 Å². The standard InChI is InChI=1S/C46H83O11P/c1-4-5-6-7-17-23-28-33-42(48)34-29-24-19-16-21-26-31-36-46(51)57-44(40-56-58(52,53)55-38-43(49)37-47)39-54-45(50)35-30-25-20-15-13-11-9-8-10-12-14-18-22-27-32-41(2)3/h16-17,21,23-24,28-29,33,41-44,47-49H,4-15,18-20,22,25-27,30-32,34-40H2,1-3H3,(H,52,53)/b21-16+,23-17-,29-24-,33-28-/t42-,43-,44+/m0/s1. The lowest BCUT2D eigenvalue weighted by Crippen LogP contribution is -2.29. The van der Waals surface area contributed by atoms with Crippen LogP contribution in [0.1, 0.15) is 181 Å². The lowest BCUT2D eigenvalue weighted by molar-refractivity contribution is -0.161. The molecule has 0 bridgehead atoms. The zero-order valence-electron chi connectivity index (χ0n) is 36.5. The van der Waals surface area contributed by atoms with E-state index in [2.05, 4.69) is 31.4 Å². The van der Waals surface area contributed by atoms with E-state index < -0.39 is 57.9 Å². The lowest BCUT2D eigenvalue weighted by Gasteiger charge is -2.20. The van der Waals surface area contributed by atoms with Gasteiger partial charge in [0.1, 0.15) is 12.7 Å². The van der Waals surface area contributed by atoms with Crippen molar-refractivity contribution in [3.8, 4) is 0 Å². The Labute approximate surface area is 352 Å². The molecule has 0 spiro atoms. The molecule has 0 saturated heterocycles. The molecule has 0 amide bonds. The molecule has 0 aromatic rings. The van der Waals surface area contributed by atoms with Crippen molar-refractivity contribution >= 4 is 19.8 Å². The molecule has 0 aliphatic heterocycles. The van der Waals surface area contributed by atoms with Gasteiger partial charge in [-0.05, 0) is 50.9 Å². The number of unbranched alkanes of at least 4 members (excludes halogenated alkanes) is 17. The van der Waals surface area contributed by atoms with Gasteiger partial charge in [-0.15, -0.1) is 0 Å². The van der Waals surface area contributed by atoms with Gasteiger partial charge in [0, 0.05) is 12.8 Å². The van der Waals surface area contributed by atoms with Gasteiger partial charge in [0.15, 0.2) is 6.10 Å². The third kappa shape index (κ3) is 40.7. The number of rotatable bonds is 41. The Kier molecular flexibility index (Phi) is 38.8. The predicted molar refractivity (Wildman–Crippen MR) is 234 cm³/mol. The Hall–Kier alpha value is -2.11. The monoisotopic (exact) mass is 843 g/mol. The highest BCUT2D eigenvalue weighted by Crippen LogP contribution is 2.43. The van der Waals surface area contributed by atoms with E-state index in [0.717, 1.165) is 31.6 Å². The number of hydrogen-bond acceptors (Lipinski definition) is 10. The van der Waals surface area contributed by atoms with Crippen molar-refractivity contribution in [2.45, 2.75) is 200 Å². The summed E-state index contributed by atoms with van der Waals surface area (Å²) in [6, 6.07) is 0. The molecule has 58 heavy (non-hydrogen) atoms. The van der Waals surface area contributed by atoms with Gasteiger partial charge in [-0.2, -0.15) is 0 Å². The molecule has 0 heterocycles. The fraction of sp³-hybridized carbons (Fsp3) is 0.783. The smallest absolute Gasteiger partial charge is 0.462 e. The van der Waals surface area contributed by atoms with Crippen molar-refractivity contribution in [2.24, 2.45) is 5.92 Å². The molecule has 0 rings (SSSR count). The van der Waals surface area contributed by atoms with Crippen LogP contribution in [-0.4, -0.2) is 76.9 Å². The fourth-order valence-electron chi connectivity index (χ4n) is 5.96. The summed E-state index contributed by atoms with van der Waals surface area (Å²) in [7, 11) is -4.65. The number of esters is 2. The molecule has 0 aromatic heterocycles. The molecule has 0 aliphatic carbocycles. The highest BCUT2D eigenvalue weighted by atomic mass is 31.2. The van der Waals surface area contributed by atoms with Crippen molar-refractivity contribution in [1.82, 2.24) is 0 Å². The van der Waals surface area contributed by atoms with Crippen LogP contribution in [0.3, 0.4) is 0 Å². The first-order valence-electron chi connectivity index (χ1n) is 22.6. The normalized spacial score (nSPS) is 14.9. The number of phosphoric ester groups is 1. The van der Waals surface area contributed by atoms with E-state index in [1.807, 2.05) is 36.5 Å². The van der Waals surface area contributed by atoms with Crippen LogP contribution in [-0.2, 0) is 32.7 Å². The predicted octanol–water partition coefficient (Wildman–Crippen LogP) is 10.9. The van der Waals surface area contributed by atoms with E-state index >= 15 is 0 Å². The minimum Gasteiger partial charge on any atom is -0.462 e. The summed E-state index contributed by atoms with van der Waals surface area (Å²) in [4.78, 5) is 35.0. The van der Waals surface area contributed by atoms with Gasteiger partial charge in [-0.3, -0.25) is 18.6 Å². The molecule has 4 atom stereocenters. The number of carbonyl (C=O) groups is 2. The Bertz CT molecular complexity index is 1140. The van der Waals surface area contributed by atoms with E-state index in [-0.39, 0.29) is 19.4 Å². The first-order valence-corrected chi connectivity index (χ1v) is 24.1. The summed E-state index contributed by atoms with van der Waals surface area (Å²) >= 11 is 0. The second-order valence-corrected chi connectivity index (χ2v) is 17.2. The van der Waals surface area contributed by atoms with Gasteiger partial charge < -0.3 is 29.7 Å². The van der Waals surface area contributed by atoms with Crippen molar-refractivity contribution in [3.05, 3.63) is 48.6 Å². The highest BCUT2D eigenvalue weighted by molar-refractivity contribution is 7.47. The van der Waals surface area contributed by atoms with E-state index in [0.29, 0.717) is 32.1 Å². The van der Waals surface area contributed by atoms with E-state index in [9.17, 15) is 29.3 Å². The summed E-state index contributed by atoms with van der Waals surface area (Å²) < 4.78 is 32.6. The minimum atomic E-state index is -4.65. The molecule has 12 heteroatoms. The number of allylic oxidation sites excluding steroid dienone is 6. The zero-order chi connectivity index (χ0) is 43.0. The van der Waals surface area contributed by atoms with Gasteiger partial charge in [-0.1, -0.05) is 172 Å². The number of carbonyl (C=O) groups excluding carboxylic acids is 2. The van der Waals surface area contributed by atoms with Crippen LogP contribution >= 0.6 is 7.82 Å². The first kappa shape index (κ1) is 55.9. The summed E-state index contributed by atoms with van der Waals surface area (Å²) in [6.45, 7) is 4.54. The molecule has 0 radical (unpaired) electrons. The first-order chi connectivity index (χ1) is 28.0. The van der Waals surface area contributed by atoms with Gasteiger partial charge >= 0.3 is 19.8 Å². The second-order valence-electron chi connectivity index (χ2n) is 15.8. The van der Waals surface area contributed by atoms with Crippen LogP contribution in [0.15, 0.2) is 48.6 Å². The zero-order valence-corrected chi connectivity index (χ0v) is 37.4. The van der Waals surface area contributed by atoms with Crippen molar-refractivity contribution in [1.29, 1.82) is 0 Å². The molecule has 338 valence electrons. The molecule has 11 nitrogen and oxygen atoms in total. The maximum atomic E-state index is 12.6. The van der Waals surface area contributed by atoms with Gasteiger partial charge in [0.25, 0.3) is 0 Å². The van der Waals surface area contributed by atoms with Crippen molar-refractivity contribution < 1.29 is 52.9 Å². The van der Waals surface area contributed by atoms with E-state index in [1.165, 1.54) is 89.9 Å². The Balaban J connectivity index is 4.41. The lowest BCUT2D eigenvalue weighted by atomic mass is 10.0. The van der Waals surface area contributed by atoms with Crippen LogP contribution in [0.4, 0.5) is 0 Å². The van der Waals surface area contributed by atoms with Crippen molar-refractivity contribution in [3.63, 3.8) is 0 Å². The average molecular weight is 843 g/mol. The van der Waals surface area contributed by atoms with Crippen LogP contribution < -0.4 is 0 Å². The molecular formula is C46H83O11P. The SMILES string of the molecule is CCCCC/C=C\C=C/[C@H](O)C/C=C\C/C=C/CCCC(=O)O[C@H](COC(=O)CCCCCCCCCCCCCCCCC(C)C)COP(=O)(O)OC[C@@H](O)CO. The quantitative estimate of drug-likeness (QED) is 0.0152. The van der Waals surface area contributed by atoms with Gasteiger partial charge in [0.2, 0.25) is 0 Å². The number of aliphatic hydroxyl groups is 3. The van der Waals surface area contributed by atoms with Crippen molar-refractivity contribution in [2.75, 3.05) is 26.4 Å². The molecule has 0 fully saturated rings. The second kappa shape index (κ2) is 40.3. The maximum Gasteiger partial charge on any atom is 0.472 e. The number of aliphatic hydroxyl groups excluding tert-OH is 3. The van der Waals surface area contributed by atoms with Gasteiger partial charge in [0.05, 0.1) is 25.9 Å². The van der Waals surface area contributed by atoms with Crippen LogP contribution in [0.25, 0.3) is 0 Å². The molecule has 0 saturated carbocycles. The molecule has 1 unspecified atom stereocenters. The highest BCUT2D eigenvalue weighted by Gasteiger charge is 2.27. The molecular weight excluding hydrogens is 759 g/mol. The Morgan fingerprint density at radius 2 is 1.21 bits per heavy atom. The average Bonchev–Trinajstić information content (AvgIpc) is 3.19. The summed E-state index contributed by atoms with van der Waals surface area (Å²) in [5, 5.41) is 28.4. The maximum absolute atomic E-state index is 12.6.